The van der Waals surface area contributed by atoms with Crippen molar-refractivity contribution in [2.75, 3.05) is 6.54 Å². The number of hydrogen-bond donors (Lipinski definition) is 2. The fourth-order valence-electron chi connectivity index (χ4n) is 2.96. The Bertz CT molecular complexity index is 750. The maximum Gasteiger partial charge on any atom is 0.323 e. The van der Waals surface area contributed by atoms with Gasteiger partial charge in [-0.25, -0.2) is 0 Å². The van der Waals surface area contributed by atoms with E-state index >= 15 is 0 Å². The lowest BCUT2D eigenvalue weighted by atomic mass is 9.88. The largest absolute Gasteiger partial charge is 0.480 e. The Balaban J connectivity index is 2.20. The minimum Gasteiger partial charge on any atom is -0.480 e. The van der Waals surface area contributed by atoms with Gasteiger partial charge in [-0.1, -0.05) is 48.2 Å². The standard InChI is InChI=1S/C19H22N2O5S/c1-12(22)27-15(10-13-6-3-2-4-7-13)18(25)14-8-5-9-21(11-16(23)24)19(26)17(14)20/h2-7,9,14-15,17H,8,10-11,20H2,1H3,(H,23,24). The van der Waals surface area contributed by atoms with Crippen LogP contribution in [0.25, 0.3) is 0 Å². The molecule has 144 valence electrons. The first-order chi connectivity index (χ1) is 12.8. The van der Waals surface area contributed by atoms with Crippen LogP contribution in [0, 0.1) is 5.92 Å². The van der Waals surface area contributed by atoms with Gasteiger partial charge in [-0.15, -0.1) is 0 Å². The van der Waals surface area contributed by atoms with Gasteiger partial charge in [-0.2, -0.15) is 0 Å². The van der Waals surface area contributed by atoms with E-state index in [1.165, 1.54) is 13.1 Å². The van der Waals surface area contributed by atoms with Crippen molar-refractivity contribution in [3.8, 4) is 0 Å². The predicted octanol–water partition coefficient (Wildman–Crippen LogP) is 1.22. The highest BCUT2D eigenvalue weighted by atomic mass is 32.2. The highest BCUT2D eigenvalue weighted by Gasteiger charge is 2.38. The second-order valence-corrected chi connectivity index (χ2v) is 7.68. The molecule has 1 aromatic carbocycles. The van der Waals surface area contributed by atoms with Crippen LogP contribution in [0.3, 0.4) is 0 Å². The number of Topliss-reactive ketones (excluding diaryl/α,β-unsaturated/α-hetero) is 1. The number of nitrogens with two attached hydrogens (primary N) is 1. The van der Waals surface area contributed by atoms with Crippen molar-refractivity contribution < 1.29 is 24.3 Å². The van der Waals surface area contributed by atoms with Gasteiger partial charge in [0, 0.05) is 19.0 Å². The number of hydrogen-bond acceptors (Lipinski definition) is 6. The molecule has 1 aromatic rings. The van der Waals surface area contributed by atoms with Crippen LogP contribution in [-0.4, -0.2) is 50.6 Å². The van der Waals surface area contributed by atoms with Gasteiger partial charge in [0.25, 0.3) is 0 Å². The second kappa shape index (κ2) is 9.48. The van der Waals surface area contributed by atoms with Gasteiger partial charge in [0.1, 0.15) is 6.54 Å². The molecule has 0 radical (unpaired) electrons. The fraction of sp³-hybridized carbons (Fsp3) is 0.368. The molecule has 3 N–H and O–H groups in total. The normalized spacial score (nSPS) is 20.8. The van der Waals surface area contributed by atoms with Crippen LogP contribution in [0.1, 0.15) is 18.9 Å². The Labute approximate surface area is 161 Å². The summed E-state index contributed by atoms with van der Waals surface area (Å²) < 4.78 is 0. The highest BCUT2D eigenvalue weighted by molar-refractivity contribution is 8.14. The number of carboxylic acids is 1. The Kier molecular flexibility index (Phi) is 7.32. The molecule has 3 unspecified atom stereocenters. The van der Waals surface area contributed by atoms with E-state index in [2.05, 4.69) is 0 Å². The first-order valence-corrected chi connectivity index (χ1v) is 9.37. The summed E-state index contributed by atoms with van der Waals surface area (Å²) in [6.45, 7) is 0.877. The molecular formula is C19H22N2O5S. The summed E-state index contributed by atoms with van der Waals surface area (Å²) in [5.74, 6) is -2.87. The lowest BCUT2D eigenvalue weighted by Gasteiger charge is -2.25. The smallest absolute Gasteiger partial charge is 0.323 e. The molecule has 7 nitrogen and oxygen atoms in total. The number of amides is 1. The van der Waals surface area contributed by atoms with Crippen molar-refractivity contribution in [1.29, 1.82) is 0 Å². The number of benzene rings is 1. The van der Waals surface area contributed by atoms with Crippen LogP contribution in [-0.2, 0) is 25.6 Å². The number of rotatable bonds is 7. The Morgan fingerprint density at radius 3 is 2.56 bits per heavy atom. The van der Waals surface area contributed by atoms with Gasteiger partial charge in [0.2, 0.25) is 5.91 Å². The van der Waals surface area contributed by atoms with E-state index in [9.17, 15) is 19.2 Å². The molecular weight excluding hydrogens is 368 g/mol. The average molecular weight is 390 g/mol. The summed E-state index contributed by atoms with van der Waals surface area (Å²) in [6.07, 6.45) is 3.50. The van der Waals surface area contributed by atoms with E-state index in [1.54, 1.807) is 6.08 Å². The van der Waals surface area contributed by atoms with Crippen molar-refractivity contribution in [3.05, 3.63) is 48.2 Å². The number of carbonyl (C=O) groups is 4. The van der Waals surface area contributed by atoms with Crippen LogP contribution in [0.2, 0.25) is 0 Å². The van der Waals surface area contributed by atoms with Gasteiger partial charge in [-0.05, 0) is 18.4 Å². The van der Waals surface area contributed by atoms with Gasteiger partial charge in [-0.3, -0.25) is 19.2 Å². The zero-order valence-electron chi connectivity index (χ0n) is 14.9. The van der Waals surface area contributed by atoms with Crippen molar-refractivity contribution in [2.45, 2.75) is 31.1 Å². The maximum absolute atomic E-state index is 13.1. The van der Waals surface area contributed by atoms with Gasteiger partial charge in [0.05, 0.1) is 11.3 Å². The van der Waals surface area contributed by atoms with Crippen molar-refractivity contribution >= 4 is 34.5 Å². The van der Waals surface area contributed by atoms with Crippen LogP contribution in [0.4, 0.5) is 0 Å². The van der Waals surface area contributed by atoms with Crippen molar-refractivity contribution in [2.24, 2.45) is 11.7 Å². The van der Waals surface area contributed by atoms with Gasteiger partial charge < -0.3 is 15.7 Å². The van der Waals surface area contributed by atoms with Crippen LogP contribution in [0.5, 0.6) is 0 Å². The minimum atomic E-state index is -1.17. The van der Waals surface area contributed by atoms with E-state index in [0.29, 0.717) is 6.42 Å². The van der Waals surface area contributed by atoms with Crippen LogP contribution >= 0.6 is 11.8 Å². The maximum atomic E-state index is 13.1. The molecule has 8 heteroatoms. The molecule has 0 bridgehead atoms. The molecule has 1 amide bonds. The Morgan fingerprint density at radius 1 is 1.30 bits per heavy atom. The summed E-state index contributed by atoms with van der Waals surface area (Å²) in [5.41, 5.74) is 6.92. The van der Waals surface area contributed by atoms with E-state index in [4.69, 9.17) is 10.8 Å². The van der Waals surface area contributed by atoms with E-state index in [-0.39, 0.29) is 17.3 Å². The lowest BCUT2D eigenvalue weighted by Crippen LogP contribution is -2.49. The lowest BCUT2D eigenvalue weighted by molar-refractivity contribution is -0.143. The summed E-state index contributed by atoms with van der Waals surface area (Å²) in [6, 6.07) is 8.14. The summed E-state index contributed by atoms with van der Waals surface area (Å²) in [5, 5.41) is 8.06. The molecule has 27 heavy (non-hydrogen) atoms. The number of allylic oxidation sites excluding steroid dienone is 1. The number of aliphatic carboxylic acids is 1. The molecule has 0 aromatic heterocycles. The molecule has 0 fully saturated rings. The molecule has 1 heterocycles. The van der Waals surface area contributed by atoms with E-state index < -0.39 is 35.6 Å². The summed E-state index contributed by atoms with van der Waals surface area (Å²) in [7, 11) is 0. The first-order valence-electron chi connectivity index (χ1n) is 8.49. The van der Waals surface area contributed by atoms with Crippen LogP contribution < -0.4 is 5.73 Å². The summed E-state index contributed by atoms with van der Waals surface area (Å²) >= 11 is 0.931. The Morgan fingerprint density at radius 2 is 1.96 bits per heavy atom. The molecule has 0 saturated carbocycles. The number of carboxylic acid groups (broad SMARTS) is 1. The quantitative estimate of drug-likeness (QED) is 0.719. The average Bonchev–Trinajstić information content (AvgIpc) is 2.74. The molecule has 3 atom stereocenters. The molecule has 1 aliphatic rings. The van der Waals surface area contributed by atoms with Crippen LogP contribution in [0.15, 0.2) is 42.6 Å². The van der Waals surface area contributed by atoms with E-state index in [1.807, 2.05) is 30.3 Å². The molecule has 0 saturated heterocycles. The fourth-order valence-corrected chi connectivity index (χ4v) is 3.92. The SMILES string of the molecule is CC(=O)SC(Cc1ccccc1)C(=O)C1CC=CN(CC(=O)O)C(=O)C1N. The highest BCUT2D eigenvalue weighted by Crippen LogP contribution is 2.26. The topological polar surface area (TPSA) is 118 Å². The third-order valence-electron chi connectivity index (χ3n) is 4.24. The Hall–Kier alpha value is -2.45. The monoisotopic (exact) mass is 390 g/mol. The van der Waals surface area contributed by atoms with Crippen molar-refractivity contribution in [1.82, 2.24) is 4.90 Å². The molecule has 2 rings (SSSR count). The molecule has 0 aliphatic carbocycles. The zero-order chi connectivity index (χ0) is 20.0. The minimum absolute atomic E-state index is 0.194. The van der Waals surface area contributed by atoms with Crippen molar-refractivity contribution in [3.63, 3.8) is 0 Å². The first kappa shape index (κ1) is 20.9. The van der Waals surface area contributed by atoms with Gasteiger partial charge in [0.15, 0.2) is 10.9 Å². The molecule has 0 spiro atoms. The number of carbonyl (C=O) groups excluding carboxylic acids is 3. The number of ketones is 1. The second-order valence-electron chi connectivity index (χ2n) is 6.30. The molecule has 1 aliphatic heterocycles. The number of nitrogens with zero attached hydrogens (tertiary/aromatic N) is 1. The van der Waals surface area contributed by atoms with E-state index in [0.717, 1.165) is 22.2 Å². The predicted molar refractivity (Wildman–Crippen MR) is 102 cm³/mol. The third kappa shape index (κ3) is 5.77. The van der Waals surface area contributed by atoms with Gasteiger partial charge >= 0.3 is 5.97 Å². The zero-order valence-corrected chi connectivity index (χ0v) is 15.7. The third-order valence-corrected chi connectivity index (χ3v) is 5.25. The number of thioether (sulfide) groups is 1. The summed E-state index contributed by atoms with van der Waals surface area (Å²) in [4.78, 5) is 49.1.